The molecule has 0 bridgehead atoms. The van der Waals surface area contributed by atoms with Crippen LogP contribution in [0, 0.1) is 0 Å². The van der Waals surface area contributed by atoms with E-state index in [0.29, 0.717) is 6.54 Å². The first-order valence-corrected chi connectivity index (χ1v) is 8.32. The fourth-order valence-electron chi connectivity index (χ4n) is 2.37. The Kier molecular flexibility index (Phi) is 14.3. The molecule has 0 aliphatic carbocycles. The maximum absolute atomic E-state index is 10.3. The molecule has 0 amide bonds. The summed E-state index contributed by atoms with van der Waals surface area (Å²) < 4.78 is 0. The molecule has 0 heterocycles. The summed E-state index contributed by atoms with van der Waals surface area (Å²) in [5, 5.41) is 18.6. The SMILES string of the molecule is CCCCCCCCCCCCCCN(O)CC(=O)O. The summed E-state index contributed by atoms with van der Waals surface area (Å²) in [5.74, 6) is -0.980. The van der Waals surface area contributed by atoms with Crippen molar-refractivity contribution in [3.05, 3.63) is 0 Å². The molecule has 4 heteroatoms. The summed E-state index contributed by atoms with van der Waals surface area (Å²) in [4.78, 5) is 10.3. The lowest BCUT2D eigenvalue weighted by molar-refractivity contribution is -0.153. The smallest absolute Gasteiger partial charge is 0.320 e. The minimum atomic E-state index is -0.980. The number of nitrogens with zero attached hydrogens (tertiary/aromatic N) is 1. The van der Waals surface area contributed by atoms with Crippen LogP contribution in [-0.4, -0.2) is 34.4 Å². The highest BCUT2D eigenvalue weighted by atomic mass is 16.5. The molecule has 20 heavy (non-hydrogen) atoms. The molecular weight excluding hydrogens is 254 g/mol. The molecule has 0 radical (unpaired) electrons. The van der Waals surface area contributed by atoms with Crippen molar-refractivity contribution >= 4 is 5.97 Å². The average molecular weight is 287 g/mol. The van der Waals surface area contributed by atoms with Crippen LogP contribution in [0.5, 0.6) is 0 Å². The number of carboxylic acid groups (broad SMARTS) is 1. The van der Waals surface area contributed by atoms with Crippen molar-refractivity contribution in [2.45, 2.75) is 84.0 Å². The first-order valence-electron chi connectivity index (χ1n) is 8.32. The number of hydroxylamine groups is 2. The second-order valence-electron chi connectivity index (χ2n) is 5.67. The molecule has 0 saturated carbocycles. The van der Waals surface area contributed by atoms with E-state index >= 15 is 0 Å². The average Bonchev–Trinajstić information content (AvgIpc) is 2.39. The predicted molar refractivity (Wildman–Crippen MR) is 82.1 cm³/mol. The fourth-order valence-corrected chi connectivity index (χ4v) is 2.37. The van der Waals surface area contributed by atoms with Crippen LogP contribution in [0.25, 0.3) is 0 Å². The van der Waals surface area contributed by atoms with Crippen molar-refractivity contribution in [2.75, 3.05) is 13.1 Å². The molecule has 0 aromatic carbocycles. The Morgan fingerprint density at radius 3 is 1.60 bits per heavy atom. The topological polar surface area (TPSA) is 60.8 Å². The van der Waals surface area contributed by atoms with E-state index in [1.165, 1.54) is 64.2 Å². The van der Waals surface area contributed by atoms with Crippen LogP contribution < -0.4 is 0 Å². The van der Waals surface area contributed by atoms with Crippen LogP contribution >= 0.6 is 0 Å². The van der Waals surface area contributed by atoms with Gasteiger partial charge in [-0.1, -0.05) is 77.6 Å². The van der Waals surface area contributed by atoms with Crippen LogP contribution in [-0.2, 0) is 4.79 Å². The summed E-state index contributed by atoms with van der Waals surface area (Å²) in [5.41, 5.74) is 0. The third-order valence-electron chi connectivity index (χ3n) is 3.59. The van der Waals surface area contributed by atoms with Crippen LogP contribution in [0.2, 0.25) is 0 Å². The van der Waals surface area contributed by atoms with E-state index in [1.807, 2.05) is 0 Å². The molecule has 0 fully saturated rings. The highest BCUT2D eigenvalue weighted by Crippen LogP contribution is 2.11. The van der Waals surface area contributed by atoms with E-state index in [2.05, 4.69) is 6.92 Å². The van der Waals surface area contributed by atoms with Gasteiger partial charge in [0.25, 0.3) is 0 Å². The van der Waals surface area contributed by atoms with E-state index in [-0.39, 0.29) is 6.54 Å². The molecular formula is C16H33NO3. The van der Waals surface area contributed by atoms with Gasteiger partial charge in [0.05, 0.1) is 0 Å². The summed E-state index contributed by atoms with van der Waals surface area (Å²) >= 11 is 0. The van der Waals surface area contributed by atoms with Gasteiger partial charge in [-0.3, -0.25) is 4.79 Å². The molecule has 0 aliphatic heterocycles. The Hall–Kier alpha value is -0.610. The van der Waals surface area contributed by atoms with Gasteiger partial charge in [0.1, 0.15) is 6.54 Å². The Balaban J connectivity index is 3.08. The first-order chi connectivity index (χ1) is 9.66. The first kappa shape index (κ1) is 19.4. The van der Waals surface area contributed by atoms with Gasteiger partial charge >= 0.3 is 5.97 Å². The maximum Gasteiger partial charge on any atom is 0.320 e. The van der Waals surface area contributed by atoms with Gasteiger partial charge in [-0.2, -0.15) is 5.06 Å². The third-order valence-corrected chi connectivity index (χ3v) is 3.59. The van der Waals surface area contributed by atoms with Gasteiger partial charge in [-0.15, -0.1) is 0 Å². The number of rotatable bonds is 15. The molecule has 0 unspecified atom stereocenters. The van der Waals surface area contributed by atoms with E-state index in [0.717, 1.165) is 17.9 Å². The molecule has 0 aromatic rings. The third kappa shape index (κ3) is 15.4. The highest BCUT2D eigenvalue weighted by molar-refractivity contribution is 5.68. The van der Waals surface area contributed by atoms with Gasteiger partial charge in [0.15, 0.2) is 0 Å². The normalized spacial score (nSPS) is 11.2. The largest absolute Gasteiger partial charge is 0.480 e. The molecule has 0 aromatic heterocycles. The number of carbonyl (C=O) groups is 1. The summed E-state index contributed by atoms with van der Waals surface area (Å²) in [6.07, 6.45) is 15.3. The quantitative estimate of drug-likeness (QED) is 0.345. The standard InChI is InChI=1S/C16H33NO3/c1-2-3-4-5-6-7-8-9-10-11-12-13-14-17(20)15-16(18)19/h20H,2-15H2,1H3,(H,18,19). The molecule has 4 nitrogen and oxygen atoms in total. The Morgan fingerprint density at radius 2 is 1.20 bits per heavy atom. The Morgan fingerprint density at radius 1 is 0.800 bits per heavy atom. The molecule has 0 aliphatic rings. The molecule has 2 N–H and O–H groups in total. The van der Waals surface area contributed by atoms with Crippen molar-refractivity contribution < 1.29 is 15.1 Å². The van der Waals surface area contributed by atoms with Crippen LogP contribution in [0.15, 0.2) is 0 Å². The zero-order valence-electron chi connectivity index (χ0n) is 13.1. The molecule has 0 atom stereocenters. The highest BCUT2D eigenvalue weighted by Gasteiger charge is 2.04. The predicted octanol–water partition coefficient (Wildman–Crippen LogP) is 4.46. The minimum Gasteiger partial charge on any atom is -0.480 e. The number of unbranched alkanes of at least 4 members (excludes halogenated alkanes) is 11. The van der Waals surface area contributed by atoms with Crippen LogP contribution in [0.3, 0.4) is 0 Å². The lowest BCUT2D eigenvalue weighted by Gasteiger charge is -2.11. The van der Waals surface area contributed by atoms with E-state index in [4.69, 9.17) is 5.11 Å². The lowest BCUT2D eigenvalue weighted by atomic mass is 10.1. The van der Waals surface area contributed by atoms with Crippen LogP contribution in [0.4, 0.5) is 0 Å². The van der Waals surface area contributed by atoms with Crippen molar-refractivity contribution in [3.8, 4) is 0 Å². The summed E-state index contributed by atoms with van der Waals surface area (Å²) in [7, 11) is 0. The molecule has 0 rings (SSSR count). The van der Waals surface area contributed by atoms with Crippen molar-refractivity contribution in [1.82, 2.24) is 5.06 Å². The lowest BCUT2D eigenvalue weighted by Crippen LogP contribution is -2.27. The van der Waals surface area contributed by atoms with E-state index in [9.17, 15) is 10.0 Å². The van der Waals surface area contributed by atoms with E-state index < -0.39 is 5.97 Å². The Bertz CT molecular complexity index is 222. The van der Waals surface area contributed by atoms with E-state index in [1.54, 1.807) is 0 Å². The zero-order chi connectivity index (χ0) is 15.1. The van der Waals surface area contributed by atoms with Gasteiger partial charge < -0.3 is 10.3 Å². The fraction of sp³-hybridized carbons (Fsp3) is 0.938. The van der Waals surface area contributed by atoms with Gasteiger partial charge in [-0.25, -0.2) is 0 Å². The van der Waals surface area contributed by atoms with Gasteiger partial charge in [0, 0.05) is 6.54 Å². The molecule has 0 spiro atoms. The van der Waals surface area contributed by atoms with Gasteiger partial charge in [0.2, 0.25) is 0 Å². The number of hydrogen-bond donors (Lipinski definition) is 2. The van der Waals surface area contributed by atoms with Crippen LogP contribution in [0.1, 0.15) is 84.0 Å². The number of hydrogen-bond acceptors (Lipinski definition) is 3. The van der Waals surface area contributed by atoms with Crippen molar-refractivity contribution in [1.29, 1.82) is 0 Å². The van der Waals surface area contributed by atoms with Gasteiger partial charge in [-0.05, 0) is 6.42 Å². The molecule has 0 saturated heterocycles. The second kappa shape index (κ2) is 14.8. The van der Waals surface area contributed by atoms with Crippen molar-refractivity contribution in [2.24, 2.45) is 0 Å². The zero-order valence-corrected chi connectivity index (χ0v) is 13.1. The number of carboxylic acids is 1. The second-order valence-corrected chi connectivity index (χ2v) is 5.67. The molecule has 120 valence electrons. The summed E-state index contributed by atoms with van der Waals surface area (Å²) in [6.45, 7) is 2.43. The maximum atomic E-state index is 10.3. The monoisotopic (exact) mass is 287 g/mol. The summed E-state index contributed by atoms with van der Waals surface area (Å²) in [6, 6.07) is 0. The van der Waals surface area contributed by atoms with Crippen molar-refractivity contribution in [3.63, 3.8) is 0 Å². The minimum absolute atomic E-state index is 0.280. The Labute approximate surface area is 124 Å². The number of aliphatic carboxylic acids is 1.